The number of rotatable bonds is 8. The summed E-state index contributed by atoms with van der Waals surface area (Å²) in [5.41, 5.74) is 8.12. The Bertz CT molecular complexity index is 1170. The Labute approximate surface area is 196 Å². The number of hydrogen-bond acceptors (Lipinski definition) is 6. The minimum Gasteiger partial charge on any atom is -0.369 e. The van der Waals surface area contributed by atoms with Crippen LogP contribution >= 0.6 is 0 Å². The first-order chi connectivity index (χ1) is 16.4. The molecule has 1 aliphatic heterocycles. The summed E-state index contributed by atoms with van der Waals surface area (Å²) in [6.45, 7) is 1.64. The van der Waals surface area contributed by atoms with Crippen molar-refractivity contribution in [3.05, 3.63) is 76.5 Å². The lowest BCUT2D eigenvalue weighted by Crippen LogP contribution is -2.47. The highest BCUT2D eigenvalue weighted by atomic mass is 16.6. The molecule has 0 atom stereocenters. The normalized spacial score (nSPS) is 14.6. The fourth-order valence-corrected chi connectivity index (χ4v) is 4.14. The molecule has 1 aliphatic rings. The highest BCUT2D eigenvalue weighted by Crippen LogP contribution is 2.26. The molecule has 3 N–H and O–H groups in total. The van der Waals surface area contributed by atoms with E-state index in [-0.39, 0.29) is 36.5 Å². The molecule has 0 radical (unpaired) electrons. The number of nitrogens with one attached hydrogen (secondary N) is 1. The molecular formula is C24H26N6O4. The van der Waals surface area contributed by atoms with Crippen LogP contribution in [-0.2, 0) is 16.0 Å². The number of non-ortho nitro benzene ring substituents is 1. The van der Waals surface area contributed by atoms with Crippen LogP contribution in [0.1, 0.15) is 18.4 Å². The quantitative estimate of drug-likeness (QED) is 0.388. The number of piperidine rings is 1. The van der Waals surface area contributed by atoms with Gasteiger partial charge >= 0.3 is 0 Å². The predicted molar refractivity (Wildman–Crippen MR) is 126 cm³/mol. The maximum atomic E-state index is 12.9. The molecule has 1 fully saturated rings. The number of nitrogens with zero attached hydrogens (tertiary/aromatic N) is 4. The molecule has 4 rings (SSSR count). The average molecular weight is 463 g/mol. The molecule has 0 unspecified atom stereocenters. The van der Waals surface area contributed by atoms with Crippen LogP contribution in [0.5, 0.6) is 0 Å². The van der Waals surface area contributed by atoms with Crippen molar-refractivity contribution in [2.45, 2.75) is 25.3 Å². The third kappa shape index (κ3) is 5.65. The van der Waals surface area contributed by atoms with Gasteiger partial charge in [-0.05, 0) is 37.1 Å². The Hall–Kier alpha value is -4.05. The van der Waals surface area contributed by atoms with Crippen LogP contribution in [0.2, 0.25) is 0 Å². The number of para-hydroxylation sites is 1. The summed E-state index contributed by atoms with van der Waals surface area (Å²) >= 11 is 0. The van der Waals surface area contributed by atoms with Gasteiger partial charge in [-0.15, -0.1) is 0 Å². The molecular weight excluding hydrogens is 436 g/mol. The summed E-state index contributed by atoms with van der Waals surface area (Å²) in [4.78, 5) is 36.6. The van der Waals surface area contributed by atoms with Crippen molar-refractivity contribution in [2.75, 3.05) is 19.6 Å². The summed E-state index contributed by atoms with van der Waals surface area (Å²) < 4.78 is 1.71. The molecule has 176 valence electrons. The lowest BCUT2D eigenvalue weighted by atomic mass is 10.0. The lowest BCUT2D eigenvalue weighted by Gasteiger charge is -2.31. The summed E-state index contributed by atoms with van der Waals surface area (Å²) in [6, 6.07) is 15.7. The summed E-state index contributed by atoms with van der Waals surface area (Å²) in [5.74, 6) is -0.471. The third-order valence-corrected chi connectivity index (χ3v) is 5.85. The van der Waals surface area contributed by atoms with Crippen LogP contribution in [0.15, 0.2) is 60.8 Å². The number of carbonyl (C=O) groups excluding carboxylic acids is 2. The second-order valence-electron chi connectivity index (χ2n) is 8.35. The van der Waals surface area contributed by atoms with Gasteiger partial charge in [0.1, 0.15) is 0 Å². The van der Waals surface area contributed by atoms with Crippen LogP contribution in [0.25, 0.3) is 16.9 Å². The maximum Gasteiger partial charge on any atom is 0.269 e. The van der Waals surface area contributed by atoms with Crippen molar-refractivity contribution in [1.29, 1.82) is 0 Å². The monoisotopic (exact) mass is 462 g/mol. The number of hydrogen-bond donors (Lipinski definition) is 2. The van der Waals surface area contributed by atoms with Gasteiger partial charge < -0.3 is 11.1 Å². The number of nitro groups is 1. The fraction of sp³-hybridized carbons (Fsp3) is 0.292. The van der Waals surface area contributed by atoms with Crippen molar-refractivity contribution >= 4 is 17.5 Å². The predicted octanol–water partition coefficient (Wildman–Crippen LogP) is 2.06. The number of nitro benzene ring substituents is 1. The van der Waals surface area contributed by atoms with E-state index < -0.39 is 4.92 Å². The van der Waals surface area contributed by atoms with E-state index in [2.05, 4.69) is 10.4 Å². The average Bonchev–Trinajstić information content (AvgIpc) is 3.24. The molecule has 0 saturated carbocycles. The fourth-order valence-electron chi connectivity index (χ4n) is 4.14. The largest absolute Gasteiger partial charge is 0.369 e. The molecule has 3 aromatic rings. The Morgan fingerprint density at radius 2 is 1.76 bits per heavy atom. The Balaban J connectivity index is 1.51. The SMILES string of the molecule is NC(=O)CN1CCC(NC(=O)Cc2cn(-c3ccccc3)nc2-c2ccc([N+](=O)[O-])cc2)CC1. The Kier molecular flexibility index (Phi) is 6.98. The van der Waals surface area contributed by atoms with Crippen LogP contribution in [0, 0.1) is 10.1 Å². The molecule has 2 heterocycles. The number of nitrogens with two attached hydrogens (primary N) is 1. The van der Waals surface area contributed by atoms with E-state index in [0.717, 1.165) is 24.1 Å². The lowest BCUT2D eigenvalue weighted by molar-refractivity contribution is -0.384. The molecule has 0 aliphatic carbocycles. The van der Waals surface area contributed by atoms with Gasteiger partial charge in [-0.1, -0.05) is 18.2 Å². The van der Waals surface area contributed by atoms with Gasteiger partial charge in [0, 0.05) is 48.6 Å². The number of carbonyl (C=O) groups is 2. The molecule has 0 spiro atoms. The highest BCUT2D eigenvalue weighted by Gasteiger charge is 2.23. The second-order valence-corrected chi connectivity index (χ2v) is 8.35. The van der Waals surface area contributed by atoms with Crippen LogP contribution in [0.4, 0.5) is 5.69 Å². The number of amides is 2. The summed E-state index contributed by atoms with van der Waals surface area (Å²) in [5, 5.41) is 18.8. The van der Waals surface area contributed by atoms with Gasteiger partial charge in [-0.25, -0.2) is 4.68 Å². The van der Waals surface area contributed by atoms with E-state index in [1.54, 1.807) is 16.8 Å². The van der Waals surface area contributed by atoms with Gasteiger partial charge in [0.25, 0.3) is 5.69 Å². The zero-order valence-corrected chi connectivity index (χ0v) is 18.6. The maximum absolute atomic E-state index is 12.9. The number of likely N-dealkylation sites (tertiary alicyclic amines) is 1. The number of benzene rings is 2. The zero-order chi connectivity index (χ0) is 24.1. The number of primary amides is 1. The summed E-state index contributed by atoms with van der Waals surface area (Å²) in [6.07, 6.45) is 3.44. The Morgan fingerprint density at radius 3 is 2.38 bits per heavy atom. The van der Waals surface area contributed by atoms with Gasteiger partial charge in [0.05, 0.1) is 29.3 Å². The molecule has 2 aromatic carbocycles. The summed E-state index contributed by atoms with van der Waals surface area (Å²) in [7, 11) is 0. The Morgan fingerprint density at radius 1 is 1.09 bits per heavy atom. The van der Waals surface area contributed by atoms with Gasteiger partial charge in [-0.3, -0.25) is 24.6 Å². The first kappa shape index (κ1) is 23.1. The highest BCUT2D eigenvalue weighted by molar-refractivity contribution is 5.81. The molecule has 10 heteroatoms. The van der Waals surface area contributed by atoms with E-state index >= 15 is 0 Å². The van der Waals surface area contributed by atoms with Crippen LogP contribution < -0.4 is 11.1 Å². The molecule has 10 nitrogen and oxygen atoms in total. The van der Waals surface area contributed by atoms with E-state index in [9.17, 15) is 19.7 Å². The second kappa shape index (κ2) is 10.3. The molecule has 0 bridgehead atoms. The van der Waals surface area contributed by atoms with E-state index in [4.69, 9.17) is 5.73 Å². The first-order valence-corrected chi connectivity index (χ1v) is 11.1. The van der Waals surface area contributed by atoms with Gasteiger partial charge in [0.2, 0.25) is 11.8 Å². The topological polar surface area (TPSA) is 136 Å². The van der Waals surface area contributed by atoms with Crippen molar-refractivity contribution in [1.82, 2.24) is 20.0 Å². The van der Waals surface area contributed by atoms with Crippen LogP contribution in [0.3, 0.4) is 0 Å². The van der Waals surface area contributed by atoms with Crippen molar-refractivity contribution in [3.63, 3.8) is 0 Å². The van der Waals surface area contributed by atoms with E-state index in [1.807, 2.05) is 41.4 Å². The van der Waals surface area contributed by atoms with E-state index in [0.29, 0.717) is 24.3 Å². The molecule has 2 amide bonds. The van der Waals surface area contributed by atoms with Crippen LogP contribution in [-0.4, -0.2) is 57.1 Å². The number of aromatic nitrogens is 2. The minimum atomic E-state index is -0.449. The zero-order valence-electron chi connectivity index (χ0n) is 18.6. The molecule has 34 heavy (non-hydrogen) atoms. The first-order valence-electron chi connectivity index (χ1n) is 11.1. The molecule has 1 saturated heterocycles. The standard InChI is InChI=1S/C24H26N6O4/c25-22(31)16-28-12-10-19(11-13-28)26-23(32)14-18-15-29(20-4-2-1-3-5-20)27-24(18)17-6-8-21(9-7-17)30(33)34/h1-9,15,19H,10-14,16H2,(H2,25,31)(H,26,32). The minimum absolute atomic E-state index is 0.00628. The van der Waals surface area contributed by atoms with Gasteiger partial charge in [0.15, 0.2) is 0 Å². The van der Waals surface area contributed by atoms with Gasteiger partial charge in [-0.2, -0.15) is 5.10 Å². The van der Waals surface area contributed by atoms with E-state index in [1.165, 1.54) is 12.1 Å². The molecule has 1 aromatic heterocycles. The van der Waals surface area contributed by atoms with Crippen molar-refractivity contribution < 1.29 is 14.5 Å². The third-order valence-electron chi connectivity index (χ3n) is 5.85. The smallest absolute Gasteiger partial charge is 0.269 e. The van der Waals surface area contributed by atoms with Crippen molar-refractivity contribution in [3.8, 4) is 16.9 Å². The van der Waals surface area contributed by atoms with Crippen molar-refractivity contribution in [2.24, 2.45) is 5.73 Å².